The Morgan fingerprint density at radius 1 is 0.941 bits per heavy atom. The van der Waals surface area contributed by atoms with E-state index in [4.69, 9.17) is 5.73 Å². The Balaban J connectivity index is 2.28. The molecule has 0 heterocycles. The van der Waals surface area contributed by atoms with E-state index < -0.39 is 0 Å². The van der Waals surface area contributed by atoms with Gasteiger partial charge in [-0.15, -0.1) is 0 Å². The molecule has 2 N–H and O–H groups in total. The summed E-state index contributed by atoms with van der Waals surface area (Å²) in [7, 11) is 0. The van der Waals surface area contributed by atoms with Gasteiger partial charge in [-0.05, 0) is 36.5 Å². The van der Waals surface area contributed by atoms with Gasteiger partial charge in [-0.3, -0.25) is 0 Å². The Hall–Kier alpha value is -1.60. The predicted octanol–water partition coefficient (Wildman–Crippen LogP) is 3.63. The third-order valence-electron chi connectivity index (χ3n) is 2.97. The molecule has 0 bridgehead atoms. The van der Waals surface area contributed by atoms with Crippen LogP contribution in [0.1, 0.15) is 18.9 Å². The number of nitrogens with two attached hydrogens (primary N) is 1. The standard InChI is InChI=1S/C16H19N/c1-13(17)11-12-15-9-5-6-10-16(15)14-7-3-2-4-8-14/h2-10,13H,11-12,17H2,1H3/t13-/m1/s1. The summed E-state index contributed by atoms with van der Waals surface area (Å²) in [6.07, 6.45) is 2.08. The van der Waals surface area contributed by atoms with E-state index in [-0.39, 0.29) is 6.04 Å². The third-order valence-corrected chi connectivity index (χ3v) is 2.97. The molecule has 0 aliphatic rings. The molecule has 2 rings (SSSR count). The lowest BCUT2D eigenvalue weighted by Gasteiger charge is -2.11. The lowest BCUT2D eigenvalue weighted by atomic mass is 9.96. The molecule has 0 unspecified atom stereocenters. The van der Waals surface area contributed by atoms with Gasteiger partial charge in [-0.2, -0.15) is 0 Å². The highest BCUT2D eigenvalue weighted by Crippen LogP contribution is 2.24. The first-order valence-corrected chi connectivity index (χ1v) is 6.16. The van der Waals surface area contributed by atoms with Gasteiger partial charge in [0.05, 0.1) is 0 Å². The Morgan fingerprint density at radius 3 is 2.29 bits per heavy atom. The number of rotatable bonds is 4. The molecule has 2 aromatic rings. The minimum atomic E-state index is 0.263. The Labute approximate surface area is 103 Å². The summed E-state index contributed by atoms with van der Waals surface area (Å²) in [5.74, 6) is 0. The van der Waals surface area contributed by atoms with Crippen molar-refractivity contribution in [1.29, 1.82) is 0 Å². The quantitative estimate of drug-likeness (QED) is 0.844. The summed E-state index contributed by atoms with van der Waals surface area (Å²) < 4.78 is 0. The van der Waals surface area contributed by atoms with Gasteiger partial charge in [-0.1, -0.05) is 54.6 Å². The lowest BCUT2D eigenvalue weighted by Crippen LogP contribution is -2.15. The van der Waals surface area contributed by atoms with E-state index in [0.29, 0.717) is 0 Å². The second-order valence-corrected chi connectivity index (χ2v) is 4.54. The van der Waals surface area contributed by atoms with Crippen LogP contribution in [-0.4, -0.2) is 6.04 Å². The van der Waals surface area contributed by atoms with Gasteiger partial charge in [-0.25, -0.2) is 0 Å². The van der Waals surface area contributed by atoms with Crippen molar-refractivity contribution in [3.05, 3.63) is 60.2 Å². The summed E-state index contributed by atoms with van der Waals surface area (Å²) in [5, 5.41) is 0. The smallest absolute Gasteiger partial charge is 0.00136 e. The van der Waals surface area contributed by atoms with Crippen LogP contribution in [0.2, 0.25) is 0 Å². The monoisotopic (exact) mass is 225 g/mol. The maximum Gasteiger partial charge on any atom is 0.00136 e. The molecule has 0 saturated carbocycles. The van der Waals surface area contributed by atoms with Crippen LogP contribution in [0.15, 0.2) is 54.6 Å². The molecule has 0 aliphatic heterocycles. The zero-order valence-electron chi connectivity index (χ0n) is 10.3. The van der Waals surface area contributed by atoms with Crippen molar-refractivity contribution in [2.45, 2.75) is 25.8 Å². The molecular formula is C16H19N. The van der Waals surface area contributed by atoms with Crippen molar-refractivity contribution in [3.63, 3.8) is 0 Å². The summed E-state index contributed by atoms with van der Waals surface area (Å²) >= 11 is 0. The van der Waals surface area contributed by atoms with Crippen LogP contribution in [0.4, 0.5) is 0 Å². The van der Waals surface area contributed by atoms with E-state index in [9.17, 15) is 0 Å². The van der Waals surface area contributed by atoms with Crippen molar-refractivity contribution >= 4 is 0 Å². The van der Waals surface area contributed by atoms with Gasteiger partial charge in [0.2, 0.25) is 0 Å². The molecule has 0 fully saturated rings. The van der Waals surface area contributed by atoms with Crippen molar-refractivity contribution in [1.82, 2.24) is 0 Å². The molecule has 0 aromatic heterocycles. The molecule has 17 heavy (non-hydrogen) atoms. The SMILES string of the molecule is C[C@@H](N)CCc1ccccc1-c1ccccc1. The van der Waals surface area contributed by atoms with Gasteiger partial charge in [0, 0.05) is 6.04 Å². The molecule has 0 saturated heterocycles. The van der Waals surface area contributed by atoms with Crippen LogP contribution in [0.25, 0.3) is 11.1 Å². The van der Waals surface area contributed by atoms with Crippen LogP contribution >= 0.6 is 0 Å². The Morgan fingerprint density at radius 2 is 1.59 bits per heavy atom. The predicted molar refractivity (Wildman–Crippen MR) is 73.8 cm³/mol. The fourth-order valence-corrected chi connectivity index (χ4v) is 2.02. The van der Waals surface area contributed by atoms with Crippen LogP contribution in [-0.2, 0) is 6.42 Å². The topological polar surface area (TPSA) is 26.0 Å². The van der Waals surface area contributed by atoms with Crippen molar-refractivity contribution < 1.29 is 0 Å². The second kappa shape index (κ2) is 5.65. The van der Waals surface area contributed by atoms with Crippen molar-refractivity contribution in [3.8, 4) is 11.1 Å². The van der Waals surface area contributed by atoms with Gasteiger partial charge >= 0.3 is 0 Å². The third kappa shape index (κ3) is 3.18. The first-order valence-electron chi connectivity index (χ1n) is 6.16. The van der Waals surface area contributed by atoms with E-state index in [1.165, 1.54) is 16.7 Å². The van der Waals surface area contributed by atoms with Crippen molar-refractivity contribution in [2.24, 2.45) is 5.73 Å². The number of hydrogen-bond donors (Lipinski definition) is 1. The molecule has 1 nitrogen and oxygen atoms in total. The van der Waals surface area contributed by atoms with Gasteiger partial charge in [0.1, 0.15) is 0 Å². The van der Waals surface area contributed by atoms with E-state index in [1.54, 1.807) is 0 Å². The van der Waals surface area contributed by atoms with Gasteiger partial charge in [0.25, 0.3) is 0 Å². The van der Waals surface area contributed by atoms with Crippen LogP contribution in [0, 0.1) is 0 Å². The molecule has 0 aliphatic carbocycles. The van der Waals surface area contributed by atoms with Crippen LogP contribution in [0.5, 0.6) is 0 Å². The largest absolute Gasteiger partial charge is 0.328 e. The zero-order chi connectivity index (χ0) is 12.1. The maximum absolute atomic E-state index is 5.83. The van der Waals surface area contributed by atoms with Gasteiger partial charge in [0.15, 0.2) is 0 Å². The van der Waals surface area contributed by atoms with E-state index in [0.717, 1.165) is 12.8 Å². The highest BCUT2D eigenvalue weighted by molar-refractivity contribution is 5.67. The highest BCUT2D eigenvalue weighted by Gasteiger charge is 2.04. The van der Waals surface area contributed by atoms with Gasteiger partial charge < -0.3 is 5.73 Å². The van der Waals surface area contributed by atoms with E-state index in [2.05, 4.69) is 55.5 Å². The summed E-state index contributed by atoms with van der Waals surface area (Å²) in [4.78, 5) is 0. The van der Waals surface area contributed by atoms with Crippen LogP contribution < -0.4 is 5.73 Å². The van der Waals surface area contributed by atoms with E-state index in [1.807, 2.05) is 6.07 Å². The molecule has 0 spiro atoms. The molecular weight excluding hydrogens is 206 g/mol. The molecule has 0 amide bonds. The minimum absolute atomic E-state index is 0.263. The molecule has 0 radical (unpaired) electrons. The zero-order valence-corrected chi connectivity index (χ0v) is 10.3. The van der Waals surface area contributed by atoms with Crippen molar-refractivity contribution in [2.75, 3.05) is 0 Å². The number of aryl methyl sites for hydroxylation is 1. The normalized spacial score (nSPS) is 12.4. The fourth-order valence-electron chi connectivity index (χ4n) is 2.02. The molecule has 1 atom stereocenters. The molecule has 88 valence electrons. The summed E-state index contributed by atoms with van der Waals surface area (Å²) in [6.45, 7) is 2.06. The second-order valence-electron chi connectivity index (χ2n) is 4.54. The lowest BCUT2D eigenvalue weighted by molar-refractivity contribution is 0.666. The average Bonchev–Trinajstić information content (AvgIpc) is 2.38. The molecule has 1 heteroatoms. The maximum atomic E-state index is 5.83. The van der Waals surface area contributed by atoms with E-state index >= 15 is 0 Å². The number of hydrogen-bond acceptors (Lipinski definition) is 1. The average molecular weight is 225 g/mol. The Bertz CT molecular complexity index is 460. The first kappa shape index (κ1) is 11.9. The number of benzene rings is 2. The fraction of sp³-hybridized carbons (Fsp3) is 0.250. The summed E-state index contributed by atoms with van der Waals surface area (Å²) in [6, 6.07) is 19.4. The first-order chi connectivity index (χ1) is 8.27. The molecule has 2 aromatic carbocycles. The summed E-state index contributed by atoms with van der Waals surface area (Å²) in [5.41, 5.74) is 9.83. The van der Waals surface area contributed by atoms with Crippen LogP contribution in [0.3, 0.4) is 0 Å². The highest BCUT2D eigenvalue weighted by atomic mass is 14.6. The Kier molecular flexibility index (Phi) is 3.94. The minimum Gasteiger partial charge on any atom is -0.328 e.